The summed E-state index contributed by atoms with van der Waals surface area (Å²) in [6.45, 7) is 1.63. The van der Waals surface area contributed by atoms with Crippen LogP contribution in [0, 0.1) is 0 Å². The van der Waals surface area contributed by atoms with Gasteiger partial charge < -0.3 is 15.3 Å². The van der Waals surface area contributed by atoms with E-state index in [1.165, 1.54) is 5.06 Å². The van der Waals surface area contributed by atoms with Crippen molar-refractivity contribution in [3.63, 3.8) is 0 Å². The third-order valence-electron chi connectivity index (χ3n) is 2.15. The summed E-state index contributed by atoms with van der Waals surface area (Å²) in [5, 5.41) is 13.7. The molecule has 0 radical (unpaired) electrons. The summed E-state index contributed by atoms with van der Waals surface area (Å²) in [5.41, 5.74) is 1.01. The first kappa shape index (κ1) is 9.45. The smallest absolute Gasteiger partial charge is 0.142 e. The molecule has 1 heterocycles. The molecule has 14 heavy (non-hydrogen) atoms. The highest BCUT2D eigenvalue weighted by Gasteiger charge is 2.18. The number of hydroxylamine groups is 2. The zero-order chi connectivity index (χ0) is 9.80. The van der Waals surface area contributed by atoms with Crippen molar-refractivity contribution < 1.29 is 9.94 Å². The fourth-order valence-electron chi connectivity index (χ4n) is 1.44. The van der Waals surface area contributed by atoms with Gasteiger partial charge in [0.05, 0.1) is 13.2 Å². The number of rotatable bonds is 2. The number of nitrogens with one attached hydrogen (secondary N) is 1. The lowest BCUT2D eigenvalue weighted by Crippen LogP contribution is -2.44. The molecule has 0 spiro atoms. The van der Waals surface area contributed by atoms with Crippen LogP contribution in [0.4, 0.5) is 5.69 Å². The van der Waals surface area contributed by atoms with Gasteiger partial charge in [-0.05, 0) is 12.1 Å². The summed E-state index contributed by atoms with van der Waals surface area (Å²) in [7, 11) is 0. The Hall–Kier alpha value is -1.10. The van der Waals surface area contributed by atoms with Crippen LogP contribution < -0.4 is 5.32 Å². The molecule has 1 fully saturated rings. The van der Waals surface area contributed by atoms with E-state index in [1.54, 1.807) is 0 Å². The van der Waals surface area contributed by atoms with Crippen molar-refractivity contribution in [2.45, 2.75) is 6.23 Å². The number of ether oxygens (including phenoxy) is 1. The van der Waals surface area contributed by atoms with Gasteiger partial charge in [0.25, 0.3) is 0 Å². The van der Waals surface area contributed by atoms with Gasteiger partial charge in [0.15, 0.2) is 0 Å². The average Bonchev–Trinajstić information content (AvgIpc) is 2.19. The molecule has 1 aromatic carbocycles. The molecule has 4 heteroatoms. The number of benzene rings is 1. The van der Waals surface area contributed by atoms with E-state index in [0.717, 1.165) is 5.69 Å². The molecule has 1 aliphatic rings. The highest BCUT2D eigenvalue weighted by molar-refractivity contribution is 5.42. The van der Waals surface area contributed by atoms with E-state index in [0.29, 0.717) is 19.7 Å². The van der Waals surface area contributed by atoms with Crippen LogP contribution in [-0.4, -0.2) is 36.2 Å². The molecule has 1 saturated heterocycles. The van der Waals surface area contributed by atoms with E-state index in [1.807, 2.05) is 30.3 Å². The number of hydrogen-bond acceptors (Lipinski definition) is 4. The molecule has 76 valence electrons. The van der Waals surface area contributed by atoms with Crippen LogP contribution in [0.15, 0.2) is 30.3 Å². The number of para-hydroxylation sites is 1. The topological polar surface area (TPSA) is 44.7 Å². The lowest BCUT2D eigenvalue weighted by atomic mass is 10.3. The van der Waals surface area contributed by atoms with Gasteiger partial charge >= 0.3 is 0 Å². The summed E-state index contributed by atoms with van der Waals surface area (Å²) in [6, 6.07) is 9.83. The highest BCUT2D eigenvalue weighted by Crippen LogP contribution is 2.10. The average molecular weight is 194 g/mol. The summed E-state index contributed by atoms with van der Waals surface area (Å²) < 4.78 is 5.44. The quantitative estimate of drug-likeness (QED) is 0.741. The molecule has 4 nitrogen and oxygen atoms in total. The van der Waals surface area contributed by atoms with E-state index in [9.17, 15) is 5.21 Å². The van der Waals surface area contributed by atoms with Crippen LogP contribution in [0.2, 0.25) is 0 Å². The minimum absolute atomic E-state index is 0.129. The van der Waals surface area contributed by atoms with E-state index in [4.69, 9.17) is 4.74 Å². The van der Waals surface area contributed by atoms with Gasteiger partial charge in [0, 0.05) is 12.2 Å². The molecule has 0 bridgehead atoms. The summed E-state index contributed by atoms with van der Waals surface area (Å²) in [4.78, 5) is 0. The Balaban J connectivity index is 1.91. The summed E-state index contributed by atoms with van der Waals surface area (Å²) >= 11 is 0. The Bertz CT molecular complexity index is 279. The van der Waals surface area contributed by atoms with Gasteiger partial charge in [-0.2, -0.15) is 5.06 Å². The first-order chi connectivity index (χ1) is 6.84. The minimum atomic E-state index is -0.129. The van der Waals surface area contributed by atoms with E-state index in [-0.39, 0.29) is 6.23 Å². The van der Waals surface area contributed by atoms with E-state index < -0.39 is 0 Å². The maximum absolute atomic E-state index is 9.27. The number of morpholine rings is 1. The van der Waals surface area contributed by atoms with E-state index in [2.05, 4.69) is 5.32 Å². The Morgan fingerprint density at radius 2 is 2.14 bits per heavy atom. The Labute approximate surface area is 83.1 Å². The third-order valence-corrected chi connectivity index (χ3v) is 2.15. The van der Waals surface area contributed by atoms with Crippen molar-refractivity contribution in [3.8, 4) is 0 Å². The minimum Gasteiger partial charge on any atom is -0.359 e. The van der Waals surface area contributed by atoms with Gasteiger partial charge in [-0.3, -0.25) is 0 Å². The number of hydrogen-bond donors (Lipinski definition) is 2. The molecule has 1 aromatic rings. The standard InChI is InChI=1S/C10H14N2O2/c13-12-6-7-14-10(8-12)11-9-4-2-1-3-5-9/h1-5,10-11,13H,6-8H2. The second-order valence-electron chi connectivity index (χ2n) is 3.28. The zero-order valence-corrected chi connectivity index (χ0v) is 7.89. The lowest BCUT2D eigenvalue weighted by Gasteiger charge is -2.29. The second kappa shape index (κ2) is 4.41. The maximum atomic E-state index is 9.27. The second-order valence-corrected chi connectivity index (χ2v) is 3.28. The van der Waals surface area contributed by atoms with Crippen LogP contribution >= 0.6 is 0 Å². The molecule has 0 saturated carbocycles. The predicted molar refractivity (Wildman–Crippen MR) is 53.2 cm³/mol. The monoisotopic (exact) mass is 194 g/mol. The van der Waals surface area contributed by atoms with Crippen molar-refractivity contribution in [3.05, 3.63) is 30.3 Å². The summed E-state index contributed by atoms with van der Waals surface area (Å²) in [6.07, 6.45) is -0.129. The van der Waals surface area contributed by atoms with Crippen molar-refractivity contribution in [2.24, 2.45) is 0 Å². The van der Waals surface area contributed by atoms with Crippen molar-refractivity contribution in [2.75, 3.05) is 25.0 Å². The normalized spacial score (nSPS) is 23.4. The lowest BCUT2D eigenvalue weighted by molar-refractivity contribution is -0.162. The van der Waals surface area contributed by atoms with Gasteiger partial charge in [-0.25, -0.2) is 0 Å². The van der Waals surface area contributed by atoms with Gasteiger partial charge in [0.2, 0.25) is 0 Å². The van der Waals surface area contributed by atoms with Crippen LogP contribution in [0.25, 0.3) is 0 Å². The highest BCUT2D eigenvalue weighted by atomic mass is 16.5. The fraction of sp³-hybridized carbons (Fsp3) is 0.400. The SMILES string of the molecule is ON1CCOC(Nc2ccccc2)C1. The van der Waals surface area contributed by atoms with Gasteiger partial charge in [-0.1, -0.05) is 18.2 Å². The summed E-state index contributed by atoms with van der Waals surface area (Å²) in [5.74, 6) is 0. The number of anilines is 1. The molecule has 2 N–H and O–H groups in total. The number of nitrogens with zero attached hydrogens (tertiary/aromatic N) is 1. The molecular formula is C10H14N2O2. The van der Waals surface area contributed by atoms with Crippen molar-refractivity contribution in [1.29, 1.82) is 0 Å². The van der Waals surface area contributed by atoms with Crippen molar-refractivity contribution >= 4 is 5.69 Å². The first-order valence-corrected chi connectivity index (χ1v) is 4.71. The van der Waals surface area contributed by atoms with Crippen molar-refractivity contribution in [1.82, 2.24) is 5.06 Å². The Morgan fingerprint density at radius 3 is 2.86 bits per heavy atom. The van der Waals surface area contributed by atoms with Gasteiger partial charge in [-0.15, -0.1) is 0 Å². The first-order valence-electron chi connectivity index (χ1n) is 4.71. The predicted octanol–water partition coefficient (Wildman–Crippen LogP) is 1.15. The Kier molecular flexibility index (Phi) is 2.98. The maximum Gasteiger partial charge on any atom is 0.142 e. The Morgan fingerprint density at radius 1 is 1.36 bits per heavy atom. The third kappa shape index (κ3) is 2.45. The van der Waals surface area contributed by atoms with Crippen LogP contribution in [0.3, 0.4) is 0 Å². The molecule has 0 aromatic heterocycles. The molecule has 1 unspecified atom stereocenters. The molecule has 0 amide bonds. The van der Waals surface area contributed by atoms with Crippen LogP contribution in [-0.2, 0) is 4.74 Å². The van der Waals surface area contributed by atoms with Crippen LogP contribution in [0.5, 0.6) is 0 Å². The molecular weight excluding hydrogens is 180 g/mol. The van der Waals surface area contributed by atoms with E-state index >= 15 is 0 Å². The molecule has 1 aliphatic heterocycles. The fourth-order valence-corrected chi connectivity index (χ4v) is 1.44. The zero-order valence-electron chi connectivity index (χ0n) is 7.89. The molecule has 1 atom stereocenters. The molecule has 2 rings (SSSR count). The van der Waals surface area contributed by atoms with Gasteiger partial charge in [0.1, 0.15) is 6.23 Å². The molecule has 0 aliphatic carbocycles. The largest absolute Gasteiger partial charge is 0.359 e. The van der Waals surface area contributed by atoms with Crippen LogP contribution in [0.1, 0.15) is 0 Å².